The van der Waals surface area contributed by atoms with Crippen molar-refractivity contribution in [2.45, 2.75) is 38.0 Å². The predicted molar refractivity (Wildman–Crippen MR) is 85.1 cm³/mol. The van der Waals surface area contributed by atoms with E-state index in [0.29, 0.717) is 28.2 Å². The van der Waals surface area contributed by atoms with Gasteiger partial charge in [0.1, 0.15) is 10.7 Å². The van der Waals surface area contributed by atoms with Crippen molar-refractivity contribution >= 4 is 29.4 Å². The molecule has 110 valence electrons. The highest BCUT2D eigenvalue weighted by Gasteiger charge is 2.23. The zero-order valence-electron chi connectivity index (χ0n) is 11.5. The van der Waals surface area contributed by atoms with Gasteiger partial charge in [-0.05, 0) is 18.9 Å². The molecule has 1 saturated carbocycles. The van der Waals surface area contributed by atoms with E-state index in [1.165, 1.54) is 30.6 Å². The summed E-state index contributed by atoms with van der Waals surface area (Å²) in [7, 11) is 0. The zero-order valence-corrected chi connectivity index (χ0v) is 13.1. The first-order chi connectivity index (χ1) is 10.3. The molecule has 3 rings (SSSR count). The largest absolute Gasteiger partial charge is 0.415 e. The van der Waals surface area contributed by atoms with Crippen LogP contribution in [0.2, 0.25) is 5.02 Å². The second kappa shape index (κ2) is 6.58. The van der Waals surface area contributed by atoms with Crippen molar-refractivity contribution in [3.05, 3.63) is 34.3 Å². The Labute approximate surface area is 132 Å². The SMILES string of the molecule is O=COc1sc(C2CCCCC2)nc1-c1ccccc1Cl. The van der Waals surface area contributed by atoms with Gasteiger partial charge in [-0.1, -0.05) is 60.4 Å². The highest BCUT2D eigenvalue weighted by Crippen LogP contribution is 2.43. The summed E-state index contributed by atoms with van der Waals surface area (Å²) in [5, 5.41) is 2.22. The summed E-state index contributed by atoms with van der Waals surface area (Å²) in [5.74, 6) is 0.481. The lowest BCUT2D eigenvalue weighted by Crippen LogP contribution is -2.03. The van der Waals surface area contributed by atoms with Crippen LogP contribution in [0.4, 0.5) is 0 Å². The number of benzene rings is 1. The third kappa shape index (κ3) is 3.11. The average Bonchev–Trinajstić information content (AvgIpc) is 2.93. The van der Waals surface area contributed by atoms with Crippen LogP contribution >= 0.6 is 22.9 Å². The number of halogens is 1. The van der Waals surface area contributed by atoms with Gasteiger partial charge in [-0.15, -0.1) is 0 Å². The topological polar surface area (TPSA) is 39.2 Å². The minimum absolute atomic E-state index is 0.457. The van der Waals surface area contributed by atoms with E-state index in [9.17, 15) is 4.79 Å². The minimum Gasteiger partial charge on any atom is -0.415 e. The van der Waals surface area contributed by atoms with Gasteiger partial charge in [-0.3, -0.25) is 4.79 Å². The number of aromatic nitrogens is 1. The molecule has 0 radical (unpaired) electrons. The van der Waals surface area contributed by atoms with Crippen LogP contribution in [0.1, 0.15) is 43.0 Å². The Hall–Kier alpha value is -1.39. The normalized spacial score (nSPS) is 15.9. The van der Waals surface area contributed by atoms with Gasteiger partial charge in [-0.2, -0.15) is 0 Å². The fraction of sp³-hybridized carbons (Fsp3) is 0.375. The Bertz CT molecular complexity index is 635. The number of carbonyl (C=O) groups excluding carboxylic acids is 1. The van der Waals surface area contributed by atoms with E-state index in [1.807, 2.05) is 24.3 Å². The first-order valence-corrected chi connectivity index (χ1v) is 8.35. The van der Waals surface area contributed by atoms with Crippen molar-refractivity contribution in [2.75, 3.05) is 0 Å². The zero-order chi connectivity index (χ0) is 14.7. The van der Waals surface area contributed by atoms with Gasteiger partial charge in [0.2, 0.25) is 5.06 Å². The number of ether oxygens (including phenoxy) is 1. The molecule has 1 aliphatic carbocycles. The summed E-state index contributed by atoms with van der Waals surface area (Å²) in [6.45, 7) is 0.457. The van der Waals surface area contributed by atoms with Crippen molar-refractivity contribution < 1.29 is 9.53 Å². The standard InChI is InChI=1S/C16H16ClNO2S/c17-13-9-5-4-8-12(13)14-16(20-10-19)21-15(18-14)11-6-2-1-3-7-11/h4-5,8-11H,1-3,6-7H2. The molecule has 1 heterocycles. The van der Waals surface area contributed by atoms with Gasteiger partial charge >= 0.3 is 0 Å². The molecule has 1 fully saturated rings. The molecule has 0 unspecified atom stereocenters. The highest BCUT2D eigenvalue weighted by atomic mass is 35.5. The molecule has 0 atom stereocenters. The lowest BCUT2D eigenvalue weighted by molar-refractivity contribution is -0.120. The molecular formula is C16H16ClNO2S. The summed E-state index contributed by atoms with van der Waals surface area (Å²) in [5.41, 5.74) is 1.49. The quantitative estimate of drug-likeness (QED) is 0.740. The Morgan fingerprint density at radius 1 is 1.24 bits per heavy atom. The van der Waals surface area contributed by atoms with E-state index in [1.54, 1.807) is 0 Å². The Balaban J connectivity index is 2.00. The summed E-state index contributed by atoms with van der Waals surface area (Å²) in [4.78, 5) is 15.5. The van der Waals surface area contributed by atoms with Gasteiger partial charge in [-0.25, -0.2) is 4.98 Å². The van der Waals surface area contributed by atoms with Gasteiger partial charge < -0.3 is 4.74 Å². The van der Waals surface area contributed by atoms with Gasteiger partial charge in [0, 0.05) is 11.5 Å². The fourth-order valence-electron chi connectivity index (χ4n) is 2.79. The van der Waals surface area contributed by atoms with Gasteiger partial charge in [0.15, 0.2) is 0 Å². The number of carbonyl (C=O) groups is 1. The van der Waals surface area contributed by atoms with Gasteiger partial charge in [0.05, 0.1) is 5.02 Å². The maximum atomic E-state index is 10.8. The number of nitrogens with zero attached hydrogens (tertiary/aromatic N) is 1. The van der Waals surface area contributed by atoms with E-state index in [2.05, 4.69) is 0 Å². The fourth-order valence-corrected chi connectivity index (χ4v) is 4.09. The van der Waals surface area contributed by atoms with Crippen molar-refractivity contribution in [1.29, 1.82) is 0 Å². The second-order valence-electron chi connectivity index (χ2n) is 5.22. The van der Waals surface area contributed by atoms with Crippen molar-refractivity contribution in [2.24, 2.45) is 0 Å². The Morgan fingerprint density at radius 3 is 2.71 bits per heavy atom. The third-order valence-corrected chi connectivity index (χ3v) is 5.29. The molecule has 3 nitrogen and oxygen atoms in total. The monoisotopic (exact) mass is 321 g/mol. The molecule has 0 aliphatic heterocycles. The molecule has 0 bridgehead atoms. The molecule has 0 spiro atoms. The molecule has 2 aromatic rings. The number of hydrogen-bond acceptors (Lipinski definition) is 4. The van der Waals surface area contributed by atoms with E-state index in [4.69, 9.17) is 21.3 Å². The van der Waals surface area contributed by atoms with Crippen molar-refractivity contribution in [3.63, 3.8) is 0 Å². The molecular weight excluding hydrogens is 306 g/mol. The van der Waals surface area contributed by atoms with Crippen LogP contribution in [0.15, 0.2) is 24.3 Å². The van der Waals surface area contributed by atoms with E-state index in [0.717, 1.165) is 23.4 Å². The van der Waals surface area contributed by atoms with E-state index in [-0.39, 0.29) is 0 Å². The van der Waals surface area contributed by atoms with Crippen LogP contribution in [-0.4, -0.2) is 11.5 Å². The summed E-state index contributed by atoms with van der Waals surface area (Å²) in [6.07, 6.45) is 6.12. The molecule has 1 aromatic carbocycles. The average molecular weight is 322 g/mol. The van der Waals surface area contributed by atoms with Crippen molar-refractivity contribution in [3.8, 4) is 16.3 Å². The number of thiazole rings is 1. The first-order valence-electron chi connectivity index (χ1n) is 7.15. The Kier molecular flexibility index (Phi) is 4.56. The van der Waals surface area contributed by atoms with E-state index >= 15 is 0 Å². The molecule has 1 aliphatic rings. The van der Waals surface area contributed by atoms with Crippen LogP contribution in [0.5, 0.6) is 5.06 Å². The van der Waals surface area contributed by atoms with Crippen LogP contribution in [0, 0.1) is 0 Å². The minimum atomic E-state index is 0.457. The van der Waals surface area contributed by atoms with Gasteiger partial charge in [0.25, 0.3) is 6.47 Å². The maximum Gasteiger partial charge on any atom is 0.299 e. The number of hydrogen-bond donors (Lipinski definition) is 0. The molecule has 0 amide bonds. The van der Waals surface area contributed by atoms with Crippen LogP contribution in [0.3, 0.4) is 0 Å². The van der Waals surface area contributed by atoms with Crippen LogP contribution in [-0.2, 0) is 4.79 Å². The first kappa shape index (κ1) is 14.5. The van der Waals surface area contributed by atoms with E-state index < -0.39 is 0 Å². The smallest absolute Gasteiger partial charge is 0.299 e. The lowest BCUT2D eigenvalue weighted by Gasteiger charge is -2.18. The summed E-state index contributed by atoms with van der Waals surface area (Å²) in [6, 6.07) is 7.51. The van der Waals surface area contributed by atoms with Crippen LogP contribution in [0.25, 0.3) is 11.3 Å². The molecule has 5 heteroatoms. The molecule has 0 N–H and O–H groups in total. The maximum absolute atomic E-state index is 10.8. The second-order valence-corrected chi connectivity index (χ2v) is 6.62. The third-order valence-electron chi connectivity index (χ3n) is 3.85. The Morgan fingerprint density at radius 2 is 2.00 bits per heavy atom. The predicted octanol–water partition coefficient (Wildman–Crippen LogP) is 5.05. The molecule has 21 heavy (non-hydrogen) atoms. The lowest BCUT2D eigenvalue weighted by atomic mass is 9.90. The molecule has 1 aromatic heterocycles. The van der Waals surface area contributed by atoms with Crippen LogP contribution < -0.4 is 4.74 Å². The highest BCUT2D eigenvalue weighted by molar-refractivity contribution is 7.14. The number of rotatable bonds is 4. The molecule has 0 saturated heterocycles. The summed E-state index contributed by atoms with van der Waals surface area (Å²) < 4.78 is 5.13. The van der Waals surface area contributed by atoms with Crippen molar-refractivity contribution in [1.82, 2.24) is 4.98 Å². The summed E-state index contributed by atoms with van der Waals surface area (Å²) >= 11 is 7.72.